The predicted molar refractivity (Wildman–Crippen MR) is 110 cm³/mol. The second kappa shape index (κ2) is 11.4. The maximum absolute atomic E-state index is 12.3. The summed E-state index contributed by atoms with van der Waals surface area (Å²) in [6.07, 6.45) is -0.472. The molecule has 2 aromatic carbocycles. The minimum absolute atomic E-state index is 0.0397. The fourth-order valence-corrected chi connectivity index (χ4v) is 2.47. The number of hydrogen-bond donors (Lipinski definition) is 2. The van der Waals surface area contributed by atoms with Gasteiger partial charge in [-0.1, -0.05) is 12.1 Å². The van der Waals surface area contributed by atoms with Crippen LogP contribution >= 0.6 is 0 Å². The summed E-state index contributed by atoms with van der Waals surface area (Å²) in [6.45, 7) is 3.59. The highest BCUT2D eigenvalue weighted by atomic mass is 16.7. The highest BCUT2D eigenvalue weighted by Crippen LogP contribution is 2.14. The number of anilines is 1. The van der Waals surface area contributed by atoms with Crippen molar-refractivity contribution in [3.63, 3.8) is 0 Å². The van der Waals surface area contributed by atoms with Gasteiger partial charge in [-0.3, -0.25) is 9.59 Å². The third-order valence-corrected chi connectivity index (χ3v) is 3.95. The number of rotatable bonds is 9. The van der Waals surface area contributed by atoms with Crippen LogP contribution in [0.25, 0.3) is 0 Å². The molecular formula is C22H24N2O6. The van der Waals surface area contributed by atoms with Gasteiger partial charge in [0.05, 0.1) is 6.61 Å². The van der Waals surface area contributed by atoms with Crippen LogP contribution in [0.15, 0.2) is 48.5 Å². The third kappa shape index (κ3) is 7.75. The molecule has 0 saturated heterocycles. The number of carbonyl (C=O) groups excluding carboxylic acids is 4. The van der Waals surface area contributed by atoms with Crippen LogP contribution in [0.1, 0.15) is 42.6 Å². The number of nitrogens with one attached hydrogen (secondary N) is 2. The molecule has 0 heterocycles. The molecule has 0 spiro atoms. The lowest BCUT2D eigenvalue weighted by Gasteiger charge is -2.09. The van der Waals surface area contributed by atoms with Gasteiger partial charge in [0.1, 0.15) is 11.5 Å². The summed E-state index contributed by atoms with van der Waals surface area (Å²) in [7, 11) is 0. The number of ketones is 1. The van der Waals surface area contributed by atoms with E-state index in [-0.39, 0.29) is 49.3 Å². The summed E-state index contributed by atoms with van der Waals surface area (Å²) >= 11 is 0. The Bertz CT molecular complexity index is 908. The molecule has 2 aromatic rings. The van der Waals surface area contributed by atoms with Crippen LogP contribution in [0, 0.1) is 0 Å². The molecule has 30 heavy (non-hydrogen) atoms. The zero-order valence-electron chi connectivity index (χ0n) is 16.9. The van der Waals surface area contributed by atoms with Crippen molar-refractivity contribution in [1.29, 1.82) is 0 Å². The van der Waals surface area contributed by atoms with Crippen LogP contribution in [-0.4, -0.2) is 30.4 Å². The van der Waals surface area contributed by atoms with Gasteiger partial charge in [0, 0.05) is 30.6 Å². The maximum atomic E-state index is 12.3. The summed E-state index contributed by atoms with van der Waals surface area (Å²) in [5.41, 5.74) is 1.80. The zero-order chi connectivity index (χ0) is 21.9. The zero-order valence-corrected chi connectivity index (χ0v) is 16.9. The molecule has 2 amide bonds. The normalized spacial score (nSPS) is 10.1. The van der Waals surface area contributed by atoms with Crippen molar-refractivity contribution in [3.05, 3.63) is 59.7 Å². The van der Waals surface area contributed by atoms with Gasteiger partial charge in [-0.15, -0.1) is 0 Å². The number of ether oxygens (including phenoxy) is 2. The van der Waals surface area contributed by atoms with E-state index in [4.69, 9.17) is 4.74 Å². The van der Waals surface area contributed by atoms with E-state index in [0.29, 0.717) is 11.3 Å². The van der Waals surface area contributed by atoms with Gasteiger partial charge in [-0.25, -0.2) is 4.79 Å². The van der Waals surface area contributed by atoms with Gasteiger partial charge in [0.2, 0.25) is 5.91 Å². The van der Waals surface area contributed by atoms with Crippen molar-refractivity contribution >= 4 is 29.4 Å². The number of benzene rings is 2. The molecule has 0 unspecified atom stereocenters. The smallest absolute Gasteiger partial charge is 0.434 e. The van der Waals surface area contributed by atoms with Crippen LogP contribution < -0.4 is 15.4 Å². The third-order valence-electron chi connectivity index (χ3n) is 3.95. The Kier molecular flexibility index (Phi) is 8.56. The average Bonchev–Trinajstić information content (AvgIpc) is 2.71. The van der Waals surface area contributed by atoms with Gasteiger partial charge in [0.15, 0.2) is 0 Å². The number of Topliss-reactive ketones (excluding diaryl/α,β-unsaturated/α-hetero) is 1. The average molecular weight is 412 g/mol. The largest absolute Gasteiger partial charge is 0.513 e. The highest BCUT2D eigenvalue weighted by Gasteiger charge is 2.09. The van der Waals surface area contributed by atoms with Crippen molar-refractivity contribution in [2.75, 3.05) is 11.9 Å². The summed E-state index contributed by atoms with van der Waals surface area (Å²) in [4.78, 5) is 46.4. The summed E-state index contributed by atoms with van der Waals surface area (Å²) < 4.78 is 9.63. The molecule has 2 rings (SSSR count). The first-order valence-corrected chi connectivity index (χ1v) is 9.48. The molecular weight excluding hydrogens is 388 g/mol. The molecule has 0 saturated carbocycles. The first-order valence-electron chi connectivity index (χ1n) is 9.48. The Morgan fingerprint density at radius 1 is 0.967 bits per heavy atom. The SMILES string of the molecule is CCOC(=O)Oc1ccc(C(=O)NCc2cccc(NC(=O)CCC(C)=O)c2)cc1. The molecule has 0 aliphatic carbocycles. The molecule has 8 nitrogen and oxygen atoms in total. The van der Waals surface area contributed by atoms with E-state index < -0.39 is 6.16 Å². The second-order valence-electron chi connectivity index (χ2n) is 6.44. The summed E-state index contributed by atoms with van der Waals surface area (Å²) in [5, 5.41) is 5.52. The molecule has 2 N–H and O–H groups in total. The fraction of sp³-hybridized carbons (Fsp3) is 0.273. The molecule has 0 atom stereocenters. The molecule has 0 fully saturated rings. The number of hydrogen-bond acceptors (Lipinski definition) is 6. The highest BCUT2D eigenvalue weighted by molar-refractivity contribution is 5.94. The molecule has 0 radical (unpaired) electrons. The maximum Gasteiger partial charge on any atom is 0.513 e. The van der Waals surface area contributed by atoms with E-state index >= 15 is 0 Å². The molecule has 8 heteroatoms. The van der Waals surface area contributed by atoms with Crippen LogP contribution in [0.4, 0.5) is 10.5 Å². The van der Waals surface area contributed by atoms with Gasteiger partial charge in [0.25, 0.3) is 5.91 Å². The van der Waals surface area contributed by atoms with E-state index in [2.05, 4.69) is 15.4 Å². The van der Waals surface area contributed by atoms with E-state index in [0.717, 1.165) is 5.56 Å². The standard InChI is InChI=1S/C22H24N2O6/c1-3-29-22(28)30-19-10-8-17(9-11-19)21(27)23-14-16-5-4-6-18(13-16)24-20(26)12-7-15(2)25/h4-6,8-11,13H,3,7,12,14H2,1-2H3,(H,23,27)(H,24,26). The van der Waals surface area contributed by atoms with Crippen LogP contribution in [0.3, 0.4) is 0 Å². The summed E-state index contributed by atoms with van der Waals surface area (Å²) in [6, 6.07) is 13.2. The second-order valence-corrected chi connectivity index (χ2v) is 6.44. The van der Waals surface area contributed by atoms with Crippen molar-refractivity contribution in [3.8, 4) is 5.75 Å². The van der Waals surface area contributed by atoms with Crippen molar-refractivity contribution in [1.82, 2.24) is 5.32 Å². The predicted octanol–water partition coefficient (Wildman–Crippen LogP) is 3.46. The molecule has 0 bridgehead atoms. The van der Waals surface area contributed by atoms with E-state index in [1.165, 1.54) is 31.2 Å². The van der Waals surface area contributed by atoms with Gasteiger partial charge in [-0.2, -0.15) is 0 Å². The Balaban J connectivity index is 1.87. The van der Waals surface area contributed by atoms with Crippen molar-refractivity contribution < 1.29 is 28.7 Å². The van der Waals surface area contributed by atoms with Crippen molar-refractivity contribution in [2.45, 2.75) is 33.2 Å². The quantitative estimate of drug-likeness (QED) is 0.482. The van der Waals surface area contributed by atoms with Gasteiger partial charge < -0.3 is 24.9 Å². The van der Waals surface area contributed by atoms with Gasteiger partial charge >= 0.3 is 6.16 Å². The Morgan fingerprint density at radius 2 is 1.70 bits per heavy atom. The van der Waals surface area contributed by atoms with E-state index in [1.807, 2.05) is 6.07 Å². The van der Waals surface area contributed by atoms with Crippen LogP contribution in [0.2, 0.25) is 0 Å². The van der Waals surface area contributed by atoms with E-state index in [9.17, 15) is 19.2 Å². The first kappa shape index (κ1) is 22.6. The number of amides is 2. The minimum atomic E-state index is -0.803. The lowest BCUT2D eigenvalue weighted by Crippen LogP contribution is -2.22. The fourth-order valence-electron chi connectivity index (χ4n) is 2.47. The van der Waals surface area contributed by atoms with Crippen molar-refractivity contribution in [2.24, 2.45) is 0 Å². The Morgan fingerprint density at radius 3 is 2.37 bits per heavy atom. The Hall–Kier alpha value is -3.68. The minimum Gasteiger partial charge on any atom is -0.434 e. The lowest BCUT2D eigenvalue weighted by atomic mass is 10.1. The van der Waals surface area contributed by atoms with Crippen LogP contribution in [-0.2, 0) is 20.9 Å². The number of carbonyl (C=O) groups is 4. The monoisotopic (exact) mass is 412 g/mol. The molecule has 0 aromatic heterocycles. The molecule has 0 aliphatic heterocycles. The molecule has 158 valence electrons. The Labute approximate surface area is 174 Å². The first-order chi connectivity index (χ1) is 14.4. The van der Waals surface area contributed by atoms with Crippen LogP contribution in [0.5, 0.6) is 5.75 Å². The molecule has 0 aliphatic rings. The van der Waals surface area contributed by atoms with Gasteiger partial charge in [-0.05, 0) is 55.8 Å². The topological polar surface area (TPSA) is 111 Å². The lowest BCUT2D eigenvalue weighted by molar-refractivity contribution is -0.121. The summed E-state index contributed by atoms with van der Waals surface area (Å²) in [5.74, 6) is -0.301. The van der Waals surface area contributed by atoms with E-state index in [1.54, 1.807) is 25.1 Å².